The SMILES string of the molecule is CC(CN1CCCC(CCO)C1)C(=O)c1ccc(F)cn1. The molecule has 0 radical (unpaired) electrons. The number of hydrogen-bond donors (Lipinski definition) is 1. The highest BCUT2D eigenvalue weighted by Gasteiger charge is 2.24. The number of rotatable bonds is 6. The zero-order valence-electron chi connectivity index (χ0n) is 12.5. The van der Waals surface area contributed by atoms with Crippen LogP contribution >= 0.6 is 0 Å². The lowest BCUT2D eigenvalue weighted by Gasteiger charge is -2.33. The van der Waals surface area contributed by atoms with Gasteiger partial charge in [-0.25, -0.2) is 4.39 Å². The maximum Gasteiger partial charge on any atom is 0.185 e. The van der Waals surface area contributed by atoms with Gasteiger partial charge in [-0.05, 0) is 43.9 Å². The summed E-state index contributed by atoms with van der Waals surface area (Å²) in [5.41, 5.74) is 0.327. The highest BCUT2D eigenvalue weighted by Crippen LogP contribution is 2.20. The van der Waals surface area contributed by atoms with Gasteiger partial charge in [-0.2, -0.15) is 0 Å². The maximum absolute atomic E-state index is 12.8. The monoisotopic (exact) mass is 294 g/mol. The molecular weight excluding hydrogens is 271 g/mol. The Kier molecular flexibility index (Phi) is 5.82. The van der Waals surface area contributed by atoms with E-state index < -0.39 is 5.82 Å². The van der Waals surface area contributed by atoms with Crippen molar-refractivity contribution < 1.29 is 14.3 Å². The zero-order chi connectivity index (χ0) is 15.2. The fourth-order valence-electron chi connectivity index (χ4n) is 2.98. The molecule has 1 saturated heterocycles. The number of ketones is 1. The molecule has 0 spiro atoms. The quantitative estimate of drug-likeness (QED) is 0.817. The standard InChI is InChI=1S/C16H23FN2O2/c1-12(16(21)15-5-4-14(17)9-18-15)10-19-7-2-3-13(11-19)6-8-20/h4-5,9,12-13,20H,2-3,6-8,10-11H2,1H3. The minimum atomic E-state index is -0.429. The van der Waals surface area contributed by atoms with E-state index in [2.05, 4.69) is 9.88 Å². The molecule has 2 unspecified atom stereocenters. The molecule has 2 heterocycles. The van der Waals surface area contributed by atoms with Gasteiger partial charge in [0.25, 0.3) is 0 Å². The summed E-state index contributed by atoms with van der Waals surface area (Å²) in [5.74, 6) is -0.104. The lowest BCUT2D eigenvalue weighted by molar-refractivity contribution is 0.0843. The summed E-state index contributed by atoms with van der Waals surface area (Å²) in [5, 5.41) is 9.03. The van der Waals surface area contributed by atoms with Gasteiger partial charge in [0, 0.05) is 25.6 Å². The predicted molar refractivity (Wildman–Crippen MR) is 78.6 cm³/mol. The zero-order valence-corrected chi connectivity index (χ0v) is 12.5. The van der Waals surface area contributed by atoms with Crippen molar-refractivity contribution in [3.63, 3.8) is 0 Å². The van der Waals surface area contributed by atoms with E-state index >= 15 is 0 Å². The number of piperidine rings is 1. The Morgan fingerprint density at radius 2 is 2.38 bits per heavy atom. The van der Waals surface area contributed by atoms with E-state index in [1.165, 1.54) is 12.1 Å². The maximum atomic E-state index is 12.8. The van der Waals surface area contributed by atoms with Gasteiger partial charge in [-0.15, -0.1) is 0 Å². The molecule has 2 atom stereocenters. The van der Waals surface area contributed by atoms with Crippen LogP contribution in [-0.4, -0.2) is 47.0 Å². The van der Waals surface area contributed by atoms with Crippen LogP contribution in [0, 0.1) is 17.7 Å². The van der Waals surface area contributed by atoms with Gasteiger partial charge in [0.15, 0.2) is 5.78 Å². The molecule has 1 aromatic rings. The van der Waals surface area contributed by atoms with Crippen LogP contribution in [0.15, 0.2) is 18.3 Å². The third kappa shape index (κ3) is 4.58. The van der Waals surface area contributed by atoms with E-state index in [0.717, 1.165) is 38.5 Å². The van der Waals surface area contributed by atoms with E-state index in [4.69, 9.17) is 5.11 Å². The molecule has 1 aliphatic heterocycles. The third-order valence-electron chi connectivity index (χ3n) is 4.10. The average Bonchev–Trinajstić information content (AvgIpc) is 2.48. The van der Waals surface area contributed by atoms with Crippen molar-refractivity contribution in [2.24, 2.45) is 11.8 Å². The van der Waals surface area contributed by atoms with Crippen LogP contribution in [0.2, 0.25) is 0 Å². The normalized spacial score (nSPS) is 21.2. The molecule has 0 saturated carbocycles. The van der Waals surface area contributed by atoms with Crippen molar-refractivity contribution in [3.8, 4) is 0 Å². The number of carbonyl (C=O) groups excluding carboxylic acids is 1. The van der Waals surface area contributed by atoms with Crippen molar-refractivity contribution in [1.29, 1.82) is 0 Å². The molecule has 1 N–H and O–H groups in total. The number of aliphatic hydroxyl groups excluding tert-OH is 1. The number of halogens is 1. The van der Waals surface area contributed by atoms with Gasteiger partial charge in [0.05, 0.1) is 6.20 Å². The van der Waals surface area contributed by atoms with E-state index in [1.54, 1.807) is 0 Å². The second kappa shape index (κ2) is 7.61. The molecule has 0 aliphatic carbocycles. The Labute approximate surface area is 125 Å². The molecule has 4 nitrogen and oxygen atoms in total. The van der Waals surface area contributed by atoms with E-state index in [1.807, 2.05) is 6.92 Å². The van der Waals surface area contributed by atoms with Gasteiger partial charge in [0.1, 0.15) is 11.5 Å². The van der Waals surface area contributed by atoms with Crippen LogP contribution in [0.3, 0.4) is 0 Å². The molecule has 21 heavy (non-hydrogen) atoms. The van der Waals surface area contributed by atoms with Crippen LogP contribution in [0.25, 0.3) is 0 Å². The molecule has 0 bridgehead atoms. The highest BCUT2D eigenvalue weighted by atomic mass is 19.1. The lowest BCUT2D eigenvalue weighted by Crippen LogP contribution is -2.40. The van der Waals surface area contributed by atoms with E-state index in [0.29, 0.717) is 18.2 Å². The number of aliphatic hydroxyl groups is 1. The first kappa shape index (κ1) is 16.0. The summed E-state index contributed by atoms with van der Waals surface area (Å²) in [6.45, 7) is 4.75. The first-order chi connectivity index (χ1) is 10.1. The minimum absolute atomic E-state index is 0.0423. The molecule has 0 aromatic carbocycles. The van der Waals surface area contributed by atoms with Gasteiger partial charge in [-0.1, -0.05) is 6.92 Å². The van der Waals surface area contributed by atoms with Crippen LogP contribution in [-0.2, 0) is 0 Å². The van der Waals surface area contributed by atoms with Crippen molar-refractivity contribution in [3.05, 3.63) is 29.8 Å². The number of aromatic nitrogens is 1. The molecular formula is C16H23FN2O2. The lowest BCUT2D eigenvalue weighted by atomic mass is 9.93. The van der Waals surface area contributed by atoms with Gasteiger partial charge in [-0.3, -0.25) is 9.78 Å². The molecule has 5 heteroatoms. The number of pyridine rings is 1. The fraction of sp³-hybridized carbons (Fsp3) is 0.625. The predicted octanol–water partition coefficient (Wildman–Crippen LogP) is 2.13. The number of carbonyl (C=O) groups is 1. The Morgan fingerprint density at radius 3 is 3.05 bits per heavy atom. The second-order valence-electron chi connectivity index (χ2n) is 5.91. The number of Topliss-reactive ketones (excluding diaryl/α,β-unsaturated/α-hetero) is 1. The van der Waals surface area contributed by atoms with Crippen molar-refractivity contribution in [2.75, 3.05) is 26.2 Å². The van der Waals surface area contributed by atoms with Crippen LogP contribution < -0.4 is 0 Å². The van der Waals surface area contributed by atoms with Crippen molar-refractivity contribution in [1.82, 2.24) is 9.88 Å². The molecule has 1 aromatic heterocycles. The van der Waals surface area contributed by atoms with Crippen molar-refractivity contribution in [2.45, 2.75) is 26.2 Å². The largest absolute Gasteiger partial charge is 0.396 e. The Balaban J connectivity index is 1.89. The van der Waals surface area contributed by atoms with E-state index in [9.17, 15) is 9.18 Å². The summed E-state index contributed by atoms with van der Waals surface area (Å²) < 4.78 is 12.8. The van der Waals surface area contributed by atoms with Gasteiger partial charge >= 0.3 is 0 Å². The summed E-state index contributed by atoms with van der Waals surface area (Å²) in [4.78, 5) is 18.4. The minimum Gasteiger partial charge on any atom is -0.396 e. The van der Waals surface area contributed by atoms with E-state index in [-0.39, 0.29) is 18.3 Å². The first-order valence-electron chi connectivity index (χ1n) is 7.59. The third-order valence-corrected chi connectivity index (χ3v) is 4.10. The van der Waals surface area contributed by atoms with Gasteiger partial charge < -0.3 is 10.0 Å². The second-order valence-corrected chi connectivity index (χ2v) is 5.91. The van der Waals surface area contributed by atoms with Crippen LogP contribution in [0.5, 0.6) is 0 Å². The summed E-state index contributed by atoms with van der Waals surface area (Å²) in [6, 6.07) is 2.71. The Hall–Kier alpha value is -1.33. The molecule has 0 amide bonds. The molecule has 2 rings (SSSR count). The molecule has 1 fully saturated rings. The fourth-order valence-corrected chi connectivity index (χ4v) is 2.98. The van der Waals surface area contributed by atoms with Crippen molar-refractivity contribution >= 4 is 5.78 Å². The number of hydrogen-bond acceptors (Lipinski definition) is 4. The summed E-state index contributed by atoms with van der Waals surface area (Å²) in [6.07, 6.45) is 4.18. The summed E-state index contributed by atoms with van der Waals surface area (Å²) in [7, 11) is 0. The Bertz CT molecular complexity index is 462. The smallest absolute Gasteiger partial charge is 0.185 e. The average molecular weight is 294 g/mol. The first-order valence-corrected chi connectivity index (χ1v) is 7.59. The summed E-state index contributed by atoms with van der Waals surface area (Å²) >= 11 is 0. The molecule has 116 valence electrons. The van der Waals surface area contributed by atoms with Crippen LogP contribution in [0.4, 0.5) is 4.39 Å². The highest BCUT2D eigenvalue weighted by molar-refractivity contribution is 5.95. The number of likely N-dealkylation sites (tertiary alicyclic amines) is 1. The Morgan fingerprint density at radius 1 is 1.57 bits per heavy atom. The molecule has 1 aliphatic rings. The van der Waals surface area contributed by atoms with Crippen LogP contribution in [0.1, 0.15) is 36.7 Å². The topological polar surface area (TPSA) is 53.4 Å². The van der Waals surface area contributed by atoms with Gasteiger partial charge in [0.2, 0.25) is 0 Å². The number of nitrogens with zero attached hydrogens (tertiary/aromatic N) is 2.